The number of hydrogen-bond donors (Lipinski definition) is 2. The lowest BCUT2D eigenvalue weighted by atomic mass is 10.2. The van der Waals surface area contributed by atoms with Gasteiger partial charge in [-0.25, -0.2) is 8.78 Å². The first kappa shape index (κ1) is 11.2. The van der Waals surface area contributed by atoms with Crippen LogP contribution in [0, 0.1) is 0 Å². The summed E-state index contributed by atoms with van der Waals surface area (Å²) in [4.78, 5) is 21.8. The highest BCUT2D eigenvalue weighted by Crippen LogP contribution is 2.24. The highest BCUT2D eigenvalue weighted by atomic mass is 32.2. The van der Waals surface area contributed by atoms with Gasteiger partial charge in [0.15, 0.2) is 0 Å². The number of carbonyl (C=O) groups is 2. The van der Waals surface area contributed by atoms with Crippen LogP contribution < -0.4 is 11.1 Å². The summed E-state index contributed by atoms with van der Waals surface area (Å²) in [7, 11) is 0. The first-order valence-corrected chi connectivity index (χ1v) is 5.04. The Morgan fingerprint density at radius 2 is 2.29 bits per heavy atom. The van der Waals surface area contributed by atoms with Gasteiger partial charge in [-0.2, -0.15) is 0 Å². The molecule has 2 atom stereocenters. The Morgan fingerprint density at radius 3 is 2.79 bits per heavy atom. The van der Waals surface area contributed by atoms with Crippen molar-refractivity contribution in [1.82, 2.24) is 5.32 Å². The highest BCUT2D eigenvalue weighted by molar-refractivity contribution is 8.00. The molecule has 4 nitrogen and oxygen atoms in total. The molecule has 0 aromatic heterocycles. The van der Waals surface area contributed by atoms with Crippen LogP contribution >= 0.6 is 11.8 Å². The fourth-order valence-corrected chi connectivity index (χ4v) is 2.17. The van der Waals surface area contributed by atoms with E-state index in [1.807, 2.05) is 0 Å². The third-order valence-electron chi connectivity index (χ3n) is 1.82. The largest absolute Gasteiger partial charge is 0.368 e. The zero-order chi connectivity index (χ0) is 10.7. The normalized spacial score (nSPS) is 28.4. The van der Waals surface area contributed by atoms with E-state index in [0.29, 0.717) is 0 Å². The predicted octanol–water partition coefficient (Wildman–Crippen LogP) is -0.273. The molecule has 1 saturated heterocycles. The van der Waals surface area contributed by atoms with Gasteiger partial charge >= 0.3 is 0 Å². The minimum absolute atomic E-state index is 0.107. The van der Waals surface area contributed by atoms with Gasteiger partial charge in [-0.3, -0.25) is 9.59 Å². The fraction of sp³-hybridized carbons (Fsp3) is 0.714. The molecular formula is C7H10F2N2O2S. The molecule has 1 rings (SSSR count). The van der Waals surface area contributed by atoms with Crippen LogP contribution in [0.3, 0.4) is 0 Å². The summed E-state index contributed by atoms with van der Waals surface area (Å²) < 4.78 is 24.6. The van der Waals surface area contributed by atoms with Gasteiger partial charge in [-0.05, 0) is 0 Å². The average molecular weight is 224 g/mol. The number of primary amides is 1. The zero-order valence-corrected chi connectivity index (χ0v) is 8.02. The smallest absolute Gasteiger partial charge is 0.250 e. The predicted molar refractivity (Wildman–Crippen MR) is 48.0 cm³/mol. The van der Waals surface area contributed by atoms with Gasteiger partial charge in [0, 0.05) is 12.2 Å². The molecule has 1 fully saturated rings. The van der Waals surface area contributed by atoms with Crippen molar-refractivity contribution in [3.63, 3.8) is 0 Å². The molecule has 1 aliphatic heterocycles. The van der Waals surface area contributed by atoms with Crippen molar-refractivity contribution in [2.45, 2.75) is 24.1 Å². The first-order valence-electron chi connectivity index (χ1n) is 3.99. The molecule has 2 amide bonds. The molecule has 1 aliphatic rings. The van der Waals surface area contributed by atoms with Gasteiger partial charge in [-0.1, -0.05) is 0 Å². The second kappa shape index (κ2) is 4.59. The first-order chi connectivity index (χ1) is 6.50. The van der Waals surface area contributed by atoms with Crippen LogP contribution in [0.1, 0.15) is 6.42 Å². The Balaban J connectivity index is 2.62. The van der Waals surface area contributed by atoms with Crippen LogP contribution in [0.15, 0.2) is 0 Å². The van der Waals surface area contributed by atoms with E-state index >= 15 is 0 Å². The lowest BCUT2D eigenvalue weighted by Crippen LogP contribution is -2.44. The summed E-state index contributed by atoms with van der Waals surface area (Å²) in [6.45, 7) is 0. The number of alkyl halides is 2. The number of thioether (sulfide) groups is 1. The molecule has 1 heterocycles. The van der Waals surface area contributed by atoms with Gasteiger partial charge in [0.2, 0.25) is 11.8 Å². The topological polar surface area (TPSA) is 72.2 Å². The molecule has 3 N–H and O–H groups in total. The molecule has 14 heavy (non-hydrogen) atoms. The van der Waals surface area contributed by atoms with Gasteiger partial charge in [-0.15, -0.1) is 11.8 Å². The number of hydrogen-bond acceptors (Lipinski definition) is 3. The Labute approximate surface area is 83.6 Å². The van der Waals surface area contributed by atoms with Crippen molar-refractivity contribution >= 4 is 23.6 Å². The van der Waals surface area contributed by atoms with Gasteiger partial charge in [0.05, 0.1) is 5.25 Å². The molecule has 0 spiro atoms. The van der Waals surface area contributed by atoms with Crippen LogP contribution in [0.5, 0.6) is 0 Å². The van der Waals surface area contributed by atoms with E-state index in [1.54, 1.807) is 0 Å². The van der Waals surface area contributed by atoms with E-state index in [0.717, 1.165) is 11.8 Å². The van der Waals surface area contributed by atoms with Crippen molar-refractivity contribution in [2.24, 2.45) is 5.73 Å². The molecule has 0 saturated carbocycles. The lowest BCUT2D eigenvalue weighted by molar-refractivity contribution is -0.126. The third-order valence-corrected chi connectivity index (χ3v) is 3.15. The minimum Gasteiger partial charge on any atom is -0.368 e. The summed E-state index contributed by atoms with van der Waals surface area (Å²) in [6, 6.07) is -0.837. The van der Waals surface area contributed by atoms with E-state index in [2.05, 4.69) is 5.32 Å². The van der Waals surface area contributed by atoms with Crippen molar-refractivity contribution in [2.75, 3.05) is 5.75 Å². The molecule has 0 aliphatic carbocycles. The molecule has 0 aromatic carbocycles. The molecular weight excluding hydrogens is 214 g/mol. The summed E-state index contributed by atoms with van der Waals surface area (Å²) in [5.41, 5.74) is 4.97. The average Bonchev–Trinajstić information content (AvgIpc) is 2.26. The third kappa shape index (κ3) is 2.83. The maximum absolute atomic E-state index is 12.3. The Bertz CT molecular complexity index is 250. The number of nitrogens with one attached hydrogen (secondary N) is 1. The van der Waals surface area contributed by atoms with Crippen LogP contribution in [0.25, 0.3) is 0 Å². The van der Waals surface area contributed by atoms with E-state index in [-0.39, 0.29) is 12.2 Å². The molecule has 0 bridgehead atoms. The Morgan fingerprint density at radius 1 is 1.64 bits per heavy atom. The standard InChI is InChI=1S/C7H10F2N2O2S/c8-6(9)4-1-5(12)11-3(2-14-4)7(10)13/h3-4,6H,1-2H2,(H2,10,13)(H,11,12). The fourth-order valence-electron chi connectivity index (χ4n) is 1.07. The van der Waals surface area contributed by atoms with Crippen LogP contribution in [0.4, 0.5) is 8.78 Å². The van der Waals surface area contributed by atoms with Gasteiger partial charge in [0.25, 0.3) is 6.43 Å². The lowest BCUT2D eigenvalue weighted by Gasteiger charge is -2.10. The maximum atomic E-state index is 12.3. The van der Waals surface area contributed by atoms with Crippen LogP contribution in [-0.4, -0.2) is 35.3 Å². The molecule has 0 radical (unpaired) electrons. The number of halogens is 2. The monoisotopic (exact) mass is 224 g/mol. The maximum Gasteiger partial charge on any atom is 0.250 e. The summed E-state index contributed by atoms with van der Waals surface area (Å²) in [6.07, 6.45) is -2.83. The summed E-state index contributed by atoms with van der Waals surface area (Å²) in [5, 5.41) is 1.25. The quantitative estimate of drug-likeness (QED) is 0.678. The number of amides is 2. The number of carbonyl (C=O) groups excluding carboxylic acids is 2. The summed E-state index contributed by atoms with van der Waals surface area (Å²) in [5.74, 6) is -1.14. The number of rotatable bonds is 2. The van der Waals surface area contributed by atoms with Crippen LogP contribution in [-0.2, 0) is 9.59 Å². The van der Waals surface area contributed by atoms with Gasteiger partial charge in [0.1, 0.15) is 6.04 Å². The Hall–Kier alpha value is -0.850. The number of nitrogens with two attached hydrogens (primary N) is 1. The zero-order valence-electron chi connectivity index (χ0n) is 7.20. The van der Waals surface area contributed by atoms with Crippen molar-refractivity contribution in [3.05, 3.63) is 0 Å². The molecule has 2 unspecified atom stereocenters. The summed E-state index contributed by atoms with van der Waals surface area (Å²) >= 11 is 0.898. The van der Waals surface area contributed by atoms with Crippen LogP contribution in [0.2, 0.25) is 0 Å². The second-order valence-corrected chi connectivity index (χ2v) is 4.20. The van der Waals surface area contributed by atoms with E-state index in [1.165, 1.54) is 0 Å². The van der Waals surface area contributed by atoms with Crippen molar-refractivity contribution in [1.29, 1.82) is 0 Å². The Kier molecular flexibility index (Phi) is 3.68. The molecule has 7 heteroatoms. The SMILES string of the molecule is NC(=O)C1CSC(C(F)F)CC(=O)N1. The van der Waals surface area contributed by atoms with E-state index in [4.69, 9.17) is 5.73 Å². The highest BCUT2D eigenvalue weighted by Gasteiger charge is 2.31. The minimum atomic E-state index is -2.56. The van der Waals surface area contributed by atoms with E-state index < -0.39 is 29.5 Å². The van der Waals surface area contributed by atoms with Crippen molar-refractivity contribution in [3.8, 4) is 0 Å². The second-order valence-electron chi connectivity index (χ2n) is 2.93. The molecule has 0 aromatic rings. The molecule has 80 valence electrons. The van der Waals surface area contributed by atoms with E-state index in [9.17, 15) is 18.4 Å². The van der Waals surface area contributed by atoms with Crippen molar-refractivity contribution < 1.29 is 18.4 Å². The van der Waals surface area contributed by atoms with Gasteiger partial charge < -0.3 is 11.1 Å².